The van der Waals surface area contributed by atoms with Gasteiger partial charge >= 0.3 is 6.03 Å². The van der Waals surface area contributed by atoms with E-state index in [-0.39, 0.29) is 6.03 Å². The van der Waals surface area contributed by atoms with Crippen molar-refractivity contribution in [3.63, 3.8) is 0 Å². The lowest BCUT2D eigenvalue weighted by Crippen LogP contribution is -2.31. The molecule has 4 nitrogen and oxygen atoms in total. The number of hydrogen-bond acceptors (Lipinski definition) is 3. The van der Waals surface area contributed by atoms with E-state index in [0.717, 1.165) is 15.8 Å². The van der Waals surface area contributed by atoms with Crippen molar-refractivity contribution in [2.75, 3.05) is 12.4 Å². The Hall–Kier alpha value is -2.40. The molecule has 0 spiro atoms. The third-order valence-corrected chi connectivity index (χ3v) is 4.48. The Bertz CT molecular complexity index is 779. The van der Waals surface area contributed by atoms with Gasteiger partial charge in [-0.1, -0.05) is 47.7 Å². The maximum absolute atomic E-state index is 12.3. The largest absolute Gasteiger partial charge is 0.323 e. The molecule has 1 heterocycles. The number of fused-ring (bicyclic) bond motifs is 1. The number of carbonyl (C=O) groups excluding carboxylic acids is 1. The molecule has 0 aliphatic carbocycles. The van der Waals surface area contributed by atoms with E-state index < -0.39 is 0 Å². The SMILES string of the molecule is Cc1ccccc1CN(C)C(=O)Nc1nc2ccccc2s1. The highest BCUT2D eigenvalue weighted by atomic mass is 32.1. The molecule has 22 heavy (non-hydrogen) atoms. The summed E-state index contributed by atoms with van der Waals surface area (Å²) in [6.07, 6.45) is 0. The normalized spacial score (nSPS) is 10.6. The van der Waals surface area contributed by atoms with Crippen LogP contribution in [0.5, 0.6) is 0 Å². The fourth-order valence-corrected chi connectivity index (χ4v) is 3.08. The van der Waals surface area contributed by atoms with Crippen LogP contribution in [0.2, 0.25) is 0 Å². The predicted octanol–water partition coefficient (Wildman–Crippen LogP) is 4.27. The molecule has 0 saturated carbocycles. The number of nitrogens with zero attached hydrogens (tertiary/aromatic N) is 2. The summed E-state index contributed by atoms with van der Waals surface area (Å²) < 4.78 is 1.07. The number of aromatic nitrogens is 1. The molecule has 0 aliphatic heterocycles. The molecule has 3 rings (SSSR count). The summed E-state index contributed by atoms with van der Waals surface area (Å²) in [5.74, 6) is 0. The van der Waals surface area contributed by atoms with E-state index in [4.69, 9.17) is 0 Å². The third kappa shape index (κ3) is 3.09. The molecule has 3 aromatic rings. The van der Waals surface area contributed by atoms with Gasteiger partial charge in [-0.2, -0.15) is 0 Å². The van der Waals surface area contributed by atoms with Crippen molar-refractivity contribution >= 4 is 32.7 Å². The summed E-state index contributed by atoms with van der Waals surface area (Å²) in [5.41, 5.74) is 3.23. The third-order valence-electron chi connectivity index (χ3n) is 3.52. The van der Waals surface area contributed by atoms with E-state index >= 15 is 0 Å². The molecule has 0 saturated heterocycles. The number of amides is 2. The number of benzene rings is 2. The Morgan fingerprint density at radius 2 is 1.91 bits per heavy atom. The van der Waals surface area contributed by atoms with Crippen LogP contribution in [-0.2, 0) is 6.54 Å². The number of nitrogens with one attached hydrogen (secondary N) is 1. The lowest BCUT2D eigenvalue weighted by atomic mass is 10.1. The highest BCUT2D eigenvalue weighted by molar-refractivity contribution is 7.22. The molecule has 0 bridgehead atoms. The van der Waals surface area contributed by atoms with Gasteiger partial charge in [-0.25, -0.2) is 9.78 Å². The molecular weight excluding hydrogens is 294 g/mol. The first kappa shape index (κ1) is 14.5. The van der Waals surface area contributed by atoms with Gasteiger partial charge in [0.15, 0.2) is 5.13 Å². The van der Waals surface area contributed by atoms with Crippen molar-refractivity contribution < 1.29 is 4.79 Å². The van der Waals surface area contributed by atoms with E-state index in [9.17, 15) is 4.79 Å². The van der Waals surface area contributed by atoms with Crippen molar-refractivity contribution in [1.82, 2.24) is 9.88 Å². The molecule has 2 amide bonds. The minimum atomic E-state index is -0.151. The maximum Gasteiger partial charge on any atom is 0.323 e. The second-order valence-electron chi connectivity index (χ2n) is 5.20. The summed E-state index contributed by atoms with van der Waals surface area (Å²) in [6, 6.07) is 15.8. The molecule has 0 unspecified atom stereocenters. The second kappa shape index (κ2) is 6.15. The Labute approximate surface area is 133 Å². The number of carbonyl (C=O) groups is 1. The first-order chi connectivity index (χ1) is 10.6. The van der Waals surface area contributed by atoms with Gasteiger partial charge in [0.1, 0.15) is 0 Å². The molecule has 1 N–H and O–H groups in total. The Morgan fingerprint density at radius 1 is 1.18 bits per heavy atom. The lowest BCUT2D eigenvalue weighted by Gasteiger charge is -2.18. The summed E-state index contributed by atoms with van der Waals surface area (Å²) in [7, 11) is 1.79. The zero-order valence-corrected chi connectivity index (χ0v) is 13.4. The fraction of sp³-hybridized carbons (Fsp3) is 0.176. The maximum atomic E-state index is 12.3. The zero-order valence-electron chi connectivity index (χ0n) is 12.5. The molecule has 112 valence electrons. The lowest BCUT2D eigenvalue weighted by molar-refractivity contribution is 0.220. The highest BCUT2D eigenvalue weighted by Gasteiger charge is 2.12. The van der Waals surface area contributed by atoms with Gasteiger partial charge in [0.2, 0.25) is 0 Å². The van der Waals surface area contributed by atoms with E-state index in [1.165, 1.54) is 16.9 Å². The Balaban J connectivity index is 1.69. The molecule has 5 heteroatoms. The molecule has 1 aromatic heterocycles. The number of anilines is 1. The van der Waals surface area contributed by atoms with E-state index in [1.54, 1.807) is 11.9 Å². The predicted molar refractivity (Wildman–Crippen MR) is 91.3 cm³/mol. The second-order valence-corrected chi connectivity index (χ2v) is 6.23. The van der Waals surface area contributed by atoms with Crippen LogP contribution in [0.1, 0.15) is 11.1 Å². The average molecular weight is 311 g/mol. The van der Waals surface area contributed by atoms with Crippen LogP contribution in [0.3, 0.4) is 0 Å². The van der Waals surface area contributed by atoms with Gasteiger partial charge in [0.05, 0.1) is 10.2 Å². The standard InChI is InChI=1S/C17H17N3OS/c1-12-7-3-4-8-13(12)11-20(2)17(21)19-16-18-14-9-5-6-10-15(14)22-16/h3-10H,11H2,1-2H3,(H,18,19,21). The van der Waals surface area contributed by atoms with Crippen LogP contribution in [0.4, 0.5) is 9.93 Å². The van der Waals surface area contributed by atoms with Crippen molar-refractivity contribution in [2.24, 2.45) is 0 Å². The smallest absolute Gasteiger partial charge is 0.323 e. The van der Waals surface area contributed by atoms with Gasteiger partial charge in [-0.05, 0) is 30.2 Å². The number of urea groups is 1. The quantitative estimate of drug-likeness (QED) is 0.785. The Kier molecular flexibility index (Phi) is 4.06. The van der Waals surface area contributed by atoms with Gasteiger partial charge in [0, 0.05) is 13.6 Å². The molecule has 0 aliphatic rings. The van der Waals surface area contributed by atoms with Crippen LogP contribution in [-0.4, -0.2) is 23.0 Å². The van der Waals surface area contributed by atoms with Crippen LogP contribution in [0.25, 0.3) is 10.2 Å². The van der Waals surface area contributed by atoms with E-state index in [2.05, 4.69) is 23.3 Å². The average Bonchev–Trinajstić information content (AvgIpc) is 2.91. The van der Waals surface area contributed by atoms with Crippen LogP contribution in [0, 0.1) is 6.92 Å². The van der Waals surface area contributed by atoms with Crippen molar-refractivity contribution in [3.05, 3.63) is 59.7 Å². The number of hydrogen-bond donors (Lipinski definition) is 1. The van der Waals surface area contributed by atoms with E-state index in [0.29, 0.717) is 11.7 Å². The molecule has 0 radical (unpaired) electrons. The van der Waals surface area contributed by atoms with Gasteiger partial charge < -0.3 is 4.90 Å². The minimum absolute atomic E-state index is 0.151. The summed E-state index contributed by atoms with van der Waals surface area (Å²) in [4.78, 5) is 18.4. The molecule has 0 fully saturated rings. The molecule has 0 atom stereocenters. The fourth-order valence-electron chi connectivity index (χ4n) is 2.23. The summed E-state index contributed by atoms with van der Waals surface area (Å²) >= 11 is 1.48. The molecular formula is C17H17N3OS. The number of rotatable bonds is 3. The van der Waals surface area contributed by atoms with Crippen molar-refractivity contribution in [3.8, 4) is 0 Å². The van der Waals surface area contributed by atoms with Crippen molar-refractivity contribution in [1.29, 1.82) is 0 Å². The Morgan fingerprint density at radius 3 is 2.68 bits per heavy atom. The number of thiazole rings is 1. The van der Waals surface area contributed by atoms with Crippen molar-refractivity contribution in [2.45, 2.75) is 13.5 Å². The number of aryl methyl sites for hydroxylation is 1. The monoisotopic (exact) mass is 311 g/mol. The first-order valence-corrected chi connectivity index (χ1v) is 7.87. The van der Waals surface area contributed by atoms with Gasteiger partial charge in [-0.15, -0.1) is 0 Å². The zero-order chi connectivity index (χ0) is 15.5. The van der Waals surface area contributed by atoms with E-state index in [1.807, 2.05) is 42.5 Å². The summed E-state index contributed by atoms with van der Waals surface area (Å²) in [6.45, 7) is 2.62. The molecule has 2 aromatic carbocycles. The van der Waals surface area contributed by atoms with Gasteiger partial charge in [0.25, 0.3) is 0 Å². The van der Waals surface area contributed by atoms with Crippen LogP contribution < -0.4 is 5.32 Å². The summed E-state index contributed by atoms with van der Waals surface area (Å²) in [5, 5.41) is 3.49. The highest BCUT2D eigenvalue weighted by Crippen LogP contribution is 2.25. The number of para-hydroxylation sites is 1. The topological polar surface area (TPSA) is 45.2 Å². The first-order valence-electron chi connectivity index (χ1n) is 7.05. The van der Waals surface area contributed by atoms with Crippen LogP contribution in [0.15, 0.2) is 48.5 Å². The van der Waals surface area contributed by atoms with Crippen LogP contribution >= 0.6 is 11.3 Å². The minimum Gasteiger partial charge on any atom is -0.323 e. The van der Waals surface area contributed by atoms with Gasteiger partial charge in [-0.3, -0.25) is 5.32 Å².